The van der Waals surface area contributed by atoms with Crippen molar-refractivity contribution < 1.29 is 4.79 Å². The minimum Gasteiger partial charge on any atom is -0.343 e. The Morgan fingerprint density at radius 1 is 1.69 bits per heavy atom. The van der Waals surface area contributed by atoms with Crippen LogP contribution in [0.25, 0.3) is 0 Å². The second-order valence-corrected chi connectivity index (χ2v) is 4.39. The maximum atomic E-state index is 11.5. The largest absolute Gasteiger partial charge is 0.343 e. The lowest BCUT2D eigenvalue weighted by atomic mass is 10.2. The van der Waals surface area contributed by atoms with Crippen LogP contribution in [-0.4, -0.2) is 23.5 Å². The van der Waals surface area contributed by atoms with Gasteiger partial charge in [0.2, 0.25) is 5.91 Å². The SMILES string of the molecule is CCC(C)N1CC(=O)Nc2cc(Cl)cnc21. The fourth-order valence-electron chi connectivity index (χ4n) is 1.76. The van der Waals surface area contributed by atoms with Crippen LogP contribution in [0.1, 0.15) is 20.3 Å². The van der Waals surface area contributed by atoms with Gasteiger partial charge in [0.15, 0.2) is 5.82 Å². The minimum absolute atomic E-state index is 0.0168. The van der Waals surface area contributed by atoms with Crippen molar-refractivity contribution in [3.63, 3.8) is 0 Å². The molecule has 5 heteroatoms. The van der Waals surface area contributed by atoms with Crippen LogP contribution in [0.3, 0.4) is 0 Å². The molecule has 0 aliphatic carbocycles. The van der Waals surface area contributed by atoms with E-state index in [9.17, 15) is 4.79 Å². The Bertz CT molecular complexity index is 422. The summed E-state index contributed by atoms with van der Waals surface area (Å²) in [6.45, 7) is 4.53. The fraction of sp³-hybridized carbons (Fsp3) is 0.455. The van der Waals surface area contributed by atoms with E-state index in [4.69, 9.17) is 11.6 Å². The summed E-state index contributed by atoms with van der Waals surface area (Å²) in [5.41, 5.74) is 0.698. The third-order valence-corrected chi connectivity index (χ3v) is 3.02. The number of fused-ring (bicyclic) bond motifs is 1. The van der Waals surface area contributed by atoms with Gasteiger partial charge < -0.3 is 10.2 Å². The molecule has 1 amide bonds. The quantitative estimate of drug-likeness (QED) is 0.861. The molecule has 1 aliphatic rings. The van der Waals surface area contributed by atoms with E-state index in [2.05, 4.69) is 24.1 Å². The lowest BCUT2D eigenvalue weighted by Gasteiger charge is -2.34. The topological polar surface area (TPSA) is 45.2 Å². The summed E-state index contributed by atoms with van der Waals surface area (Å²) in [4.78, 5) is 17.8. The van der Waals surface area contributed by atoms with E-state index < -0.39 is 0 Å². The van der Waals surface area contributed by atoms with Gasteiger partial charge >= 0.3 is 0 Å². The molecular weight excluding hydrogens is 226 g/mol. The van der Waals surface area contributed by atoms with Gasteiger partial charge in [-0.05, 0) is 19.4 Å². The van der Waals surface area contributed by atoms with Crippen LogP contribution < -0.4 is 10.2 Å². The molecule has 1 atom stereocenters. The summed E-state index contributed by atoms with van der Waals surface area (Å²) in [5, 5.41) is 3.31. The number of nitrogens with zero attached hydrogens (tertiary/aromatic N) is 2. The zero-order chi connectivity index (χ0) is 11.7. The standard InChI is InChI=1S/C11H14ClN3O/c1-3-7(2)15-6-10(16)14-9-4-8(12)5-13-11(9)15/h4-5,7H,3,6H2,1-2H3,(H,14,16). The molecule has 1 aromatic rings. The molecule has 1 unspecified atom stereocenters. The Labute approximate surface area is 99.6 Å². The molecule has 0 aromatic carbocycles. The van der Waals surface area contributed by atoms with Crippen molar-refractivity contribution in [2.24, 2.45) is 0 Å². The monoisotopic (exact) mass is 239 g/mol. The highest BCUT2D eigenvalue weighted by Crippen LogP contribution is 2.30. The molecule has 16 heavy (non-hydrogen) atoms. The van der Waals surface area contributed by atoms with E-state index in [1.165, 1.54) is 0 Å². The molecule has 2 heterocycles. The van der Waals surface area contributed by atoms with Crippen LogP contribution in [0.5, 0.6) is 0 Å². The van der Waals surface area contributed by atoms with Gasteiger partial charge in [-0.3, -0.25) is 4.79 Å². The number of rotatable bonds is 2. The van der Waals surface area contributed by atoms with E-state index in [1.807, 2.05) is 4.90 Å². The first kappa shape index (κ1) is 11.2. The Morgan fingerprint density at radius 3 is 3.12 bits per heavy atom. The van der Waals surface area contributed by atoms with E-state index in [0.717, 1.165) is 12.2 Å². The number of pyridine rings is 1. The van der Waals surface area contributed by atoms with Gasteiger partial charge in [0.1, 0.15) is 0 Å². The van der Waals surface area contributed by atoms with Gasteiger partial charge in [0.25, 0.3) is 0 Å². The van der Waals surface area contributed by atoms with E-state index in [0.29, 0.717) is 23.3 Å². The molecule has 0 radical (unpaired) electrons. The first-order valence-corrected chi connectivity index (χ1v) is 5.71. The van der Waals surface area contributed by atoms with Crippen molar-refractivity contribution in [1.29, 1.82) is 0 Å². The summed E-state index contributed by atoms with van der Waals surface area (Å²) in [6, 6.07) is 2.02. The maximum absolute atomic E-state index is 11.5. The van der Waals surface area contributed by atoms with Gasteiger partial charge in [-0.25, -0.2) is 4.98 Å². The van der Waals surface area contributed by atoms with Crippen LogP contribution >= 0.6 is 11.6 Å². The number of halogens is 1. The highest BCUT2D eigenvalue weighted by atomic mass is 35.5. The molecule has 0 spiro atoms. The van der Waals surface area contributed by atoms with Crippen molar-refractivity contribution in [3.05, 3.63) is 17.3 Å². The normalized spacial score (nSPS) is 16.7. The summed E-state index contributed by atoms with van der Waals surface area (Å²) in [6.07, 6.45) is 2.57. The Morgan fingerprint density at radius 2 is 2.44 bits per heavy atom. The lowest BCUT2D eigenvalue weighted by Crippen LogP contribution is -2.43. The van der Waals surface area contributed by atoms with Crippen LogP contribution in [0.2, 0.25) is 5.02 Å². The zero-order valence-corrected chi connectivity index (χ0v) is 10.1. The van der Waals surface area contributed by atoms with E-state index in [-0.39, 0.29) is 5.91 Å². The summed E-state index contributed by atoms with van der Waals surface area (Å²) >= 11 is 5.85. The third-order valence-electron chi connectivity index (χ3n) is 2.82. The van der Waals surface area contributed by atoms with Crippen LogP contribution in [0.15, 0.2) is 12.3 Å². The molecular formula is C11H14ClN3O. The highest BCUT2D eigenvalue weighted by molar-refractivity contribution is 6.31. The molecule has 1 aliphatic heterocycles. The molecule has 0 fully saturated rings. The predicted molar refractivity (Wildman–Crippen MR) is 65.0 cm³/mol. The first-order chi connectivity index (χ1) is 7.61. The predicted octanol–water partition coefficient (Wildman–Crippen LogP) is 2.29. The number of nitrogens with one attached hydrogen (secondary N) is 1. The lowest BCUT2D eigenvalue weighted by molar-refractivity contribution is -0.115. The number of carbonyl (C=O) groups excluding carboxylic acids is 1. The van der Waals surface area contributed by atoms with Crippen LogP contribution in [0, 0.1) is 0 Å². The average Bonchev–Trinajstić information content (AvgIpc) is 2.26. The Kier molecular flexibility index (Phi) is 3.01. The highest BCUT2D eigenvalue weighted by Gasteiger charge is 2.26. The third kappa shape index (κ3) is 1.97. The number of aromatic nitrogens is 1. The number of carbonyl (C=O) groups is 1. The van der Waals surface area contributed by atoms with Gasteiger partial charge in [0.05, 0.1) is 17.3 Å². The first-order valence-electron chi connectivity index (χ1n) is 5.34. The number of anilines is 2. The van der Waals surface area contributed by atoms with Crippen molar-refractivity contribution in [1.82, 2.24) is 4.98 Å². The molecule has 1 aromatic heterocycles. The molecule has 0 bridgehead atoms. The van der Waals surface area contributed by atoms with Crippen LogP contribution in [0.4, 0.5) is 11.5 Å². The van der Waals surface area contributed by atoms with Crippen molar-refractivity contribution in [2.45, 2.75) is 26.3 Å². The van der Waals surface area contributed by atoms with Crippen molar-refractivity contribution >= 4 is 29.0 Å². The van der Waals surface area contributed by atoms with Gasteiger partial charge in [-0.15, -0.1) is 0 Å². The molecule has 0 saturated heterocycles. The molecule has 0 saturated carbocycles. The minimum atomic E-state index is -0.0168. The van der Waals surface area contributed by atoms with Crippen LogP contribution in [-0.2, 0) is 4.79 Å². The average molecular weight is 240 g/mol. The second kappa shape index (κ2) is 4.29. The fourth-order valence-corrected chi connectivity index (χ4v) is 1.92. The van der Waals surface area contributed by atoms with Crippen molar-refractivity contribution in [3.8, 4) is 0 Å². The van der Waals surface area contributed by atoms with E-state index in [1.54, 1.807) is 12.3 Å². The molecule has 4 nitrogen and oxygen atoms in total. The Balaban J connectivity index is 2.41. The molecule has 86 valence electrons. The van der Waals surface area contributed by atoms with Gasteiger partial charge in [0, 0.05) is 12.2 Å². The molecule has 2 rings (SSSR count). The number of hydrogen-bond acceptors (Lipinski definition) is 3. The smallest absolute Gasteiger partial charge is 0.244 e. The van der Waals surface area contributed by atoms with Crippen molar-refractivity contribution in [2.75, 3.05) is 16.8 Å². The zero-order valence-electron chi connectivity index (χ0n) is 9.33. The number of amides is 1. The molecule has 1 N–H and O–H groups in total. The Hall–Kier alpha value is -1.29. The summed E-state index contributed by atoms with van der Waals surface area (Å²) in [5.74, 6) is 0.787. The van der Waals surface area contributed by atoms with Gasteiger partial charge in [-0.2, -0.15) is 0 Å². The number of hydrogen-bond donors (Lipinski definition) is 1. The van der Waals surface area contributed by atoms with E-state index >= 15 is 0 Å². The summed E-state index contributed by atoms with van der Waals surface area (Å²) < 4.78 is 0. The summed E-state index contributed by atoms with van der Waals surface area (Å²) in [7, 11) is 0. The van der Waals surface area contributed by atoms with Gasteiger partial charge in [-0.1, -0.05) is 18.5 Å². The maximum Gasteiger partial charge on any atom is 0.244 e. The second-order valence-electron chi connectivity index (χ2n) is 3.96.